The second kappa shape index (κ2) is 7.78. The highest BCUT2D eigenvalue weighted by atomic mass is 16.5. The molecule has 5 nitrogen and oxygen atoms in total. The highest BCUT2D eigenvalue weighted by Crippen LogP contribution is 2.10. The summed E-state index contributed by atoms with van der Waals surface area (Å²) in [6, 6.07) is 19.2. The monoisotopic (exact) mass is 316 g/mol. The number of pyridine rings is 2. The summed E-state index contributed by atoms with van der Waals surface area (Å²) in [5, 5.41) is 8.69. The molecule has 0 spiro atoms. The lowest BCUT2D eigenvalue weighted by atomic mass is 10.1. The fourth-order valence-electron chi connectivity index (χ4n) is 2.16. The summed E-state index contributed by atoms with van der Waals surface area (Å²) in [5.41, 5.74) is 3.17. The third-order valence-corrected chi connectivity index (χ3v) is 3.32. The van der Waals surface area contributed by atoms with E-state index in [0.29, 0.717) is 11.6 Å². The molecule has 0 saturated carbocycles. The SMILES string of the molecule is CO/C(=N/N=C(/c1ccccc1)c1ccccn1)c1ccncc1. The molecule has 3 aromatic rings. The van der Waals surface area contributed by atoms with Crippen LogP contribution >= 0.6 is 0 Å². The van der Waals surface area contributed by atoms with Gasteiger partial charge in [0.2, 0.25) is 5.90 Å². The first-order valence-corrected chi connectivity index (χ1v) is 7.45. The number of rotatable bonds is 4. The molecule has 3 rings (SSSR count). The summed E-state index contributed by atoms with van der Waals surface area (Å²) in [6.45, 7) is 0. The molecule has 0 saturated heterocycles. The molecule has 24 heavy (non-hydrogen) atoms. The van der Waals surface area contributed by atoms with Crippen molar-refractivity contribution in [3.05, 3.63) is 96.1 Å². The minimum Gasteiger partial charge on any atom is -0.479 e. The third kappa shape index (κ3) is 3.70. The summed E-state index contributed by atoms with van der Waals surface area (Å²) in [4.78, 5) is 8.38. The van der Waals surface area contributed by atoms with Crippen molar-refractivity contribution in [2.45, 2.75) is 0 Å². The van der Waals surface area contributed by atoms with Crippen LogP contribution in [-0.4, -0.2) is 28.7 Å². The lowest BCUT2D eigenvalue weighted by Crippen LogP contribution is -2.07. The fourth-order valence-corrected chi connectivity index (χ4v) is 2.16. The Morgan fingerprint density at radius 2 is 1.54 bits per heavy atom. The number of aromatic nitrogens is 2. The minimum atomic E-state index is 0.418. The average Bonchev–Trinajstić information content (AvgIpc) is 2.67. The van der Waals surface area contributed by atoms with E-state index in [1.807, 2.05) is 60.7 Å². The van der Waals surface area contributed by atoms with Gasteiger partial charge in [0.1, 0.15) is 5.71 Å². The van der Waals surface area contributed by atoms with Crippen LogP contribution in [0.4, 0.5) is 0 Å². The number of hydrogen-bond acceptors (Lipinski definition) is 5. The molecule has 0 aliphatic carbocycles. The zero-order valence-corrected chi connectivity index (χ0v) is 13.2. The zero-order valence-electron chi connectivity index (χ0n) is 13.2. The van der Waals surface area contributed by atoms with Gasteiger partial charge in [-0.3, -0.25) is 9.97 Å². The van der Waals surface area contributed by atoms with Gasteiger partial charge < -0.3 is 4.74 Å². The van der Waals surface area contributed by atoms with E-state index < -0.39 is 0 Å². The van der Waals surface area contributed by atoms with Gasteiger partial charge in [0.05, 0.1) is 12.8 Å². The fraction of sp³-hybridized carbons (Fsp3) is 0.0526. The van der Waals surface area contributed by atoms with Crippen LogP contribution in [0.25, 0.3) is 0 Å². The second-order valence-electron chi connectivity index (χ2n) is 4.87. The molecule has 0 radical (unpaired) electrons. The average molecular weight is 316 g/mol. The van der Waals surface area contributed by atoms with Crippen molar-refractivity contribution in [2.75, 3.05) is 7.11 Å². The van der Waals surface area contributed by atoms with Crippen LogP contribution in [0.3, 0.4) is 0 Å². The number of methoxy groups -OCH3 is 1. The second-order valence-corrected chi connectivity index (χ2v) is 4.87. The Balaban J connectivity index is 2.05. The largest absolute Gasteiger partial charge is 0.479 e. The Morgan fingerprint density at radius 1 is 0.792 bits per heavy atom. The lowest BCUT2D eigenvalue weighted by Gasteiger charge is -2.06. The summed E-state index contributed by atoms with van der Waals surface area (Å²) in [7, 11) is 1.57. The predicted molar refractivity (Wildman–Crippen MR) is 94.1 cm³/mol. The maximum absolute atomic E-state index is 5.35. The number of hydrogen-bond donors (Lipinski definition) is 0. The van der Waals surface area contributed by atoms with Crippen LogP contribution in [0.15, 0.2) is 89.5 Å². The highest BCUT2D eigenvalue weighted by Gasteiger charge is 2.09. The predicted octanol–water partition coefficient (Wildman–Crippen LogP) is 3.32. The van der Waals surface area contributed by atoms with Gasteiger partial charge in [-0.2, -0.15) is 0 Å². The van der Waals surface area contributed by atoms with Crippen molar-refractivity contribution in [3.63, 3.8) is 0 Å². The molecule has 2 heterocycles. The van der Waals surface area contributed by atoms with Crippen LogP contribution < -0.4 is 0 Å². The smallest absolute Gasteiger partial charge is 0.240 e. The molecule has 0 N–H and O–H groups in total. The number of benzene rings is 1. The van der Waals surface area contributed by atoms with E-state index in [2.05, 4.69) is 20.2 Å². The highest BCUT2D eigenvalue weighted by molar-refractivity contribution is 6.12. The lowest BCUT2D eigenvalue weighted by molar-refractivity contribution is 0.403. The molecule has 2 aromatic heterocycles. The maximum atomic E-state index is 5.35. The molecule has 1 aromatic carbocycles. The van der Waals surface area contributed by atoms with Gasteiger partial charge in [0.25, 0.3) is 0 Å². The van der Waals surface area contributed by atoms with Crippen LogP contribution in [-0.2, 0) is 4.74 Å². The van der Waals surface area contributed by atoms with Crippen molar-refractivity contribution in [1.82, 2.24) is 9.97 Å². The first kappa shape index (κ1) is 15.6. The molecule has 0 bridgehead atoms. The molecule has 0 atom stereocenters. The molecule has 0 fully saturated rings. The Bertz CT molecular complexity index is 790. The van der Waals surface area contributed by atoms with Crippen molar-refractivity contribution in [2.24, 2.45) is 10.2 Å². The van der Waals surface area contributed by atoms with Gasteiger partial charge in [-0.1, -0.05) is 36.4 Å². The molecule has 118 valence electrons. The van der Waals surface area contributed by atoms with Crippen LogP contribution in [0.5, 0.6) is 0 Å². The topological polar surface area (TPSA) is 59.7 Å². The van der Waals surface area contributed by atoms with Crippen molar-refractivity contribution in [3.8, 4) is 0 Å². The first-order valence-electron chi connectivity index (χ1n) is 7.45. The van der Waals surface area contributed by atoms with E-state index in [4.69, 9.17) is 4.74 Å². The third-order valence-electron chi connectivity index (χ3n) is 3.32. The summed E-state index contributed by atoms with van der Waals surface area (Å²) >= 11 is 0. The Morgan fingerprint density at radius 3 is 2.21 bits per heavy atom. The standard InChI is InChI=1S/C19H16N4O/c1-24-19(16-10-13-20-14-11-16)23-22-18(15-7-3-2-4-8-15)17-9-5-6-12-21-17/h2-14H,1H3/b22-18-,23-19+. The summed E-state index contributed by atoms with van der Waals surface area (Å²) in [6.07, 6.45) is 5.10. The van der Waals surface area contributed by atoms with Gasteiger partial charge in [-0.15, -0.1) is 10.2 Å². The quantitative estimate of drug-likeness (QED) is 0.421. The van der Waals surface area contributed by atoms with Crippen LogP contribution in [0.2, 0.25) is 0 Å². The van der Waals surface area contributed by atoms with Gasteiger partial charge in [0.15, 0.2) is 0 Å². The van der Waals surface area contributed by atoms with Crippen molar-refractivity contribution in [1.29, 1.82) is 0 Å². The van der Waals surface area contributed by atoms with Crippen LogP contribution in [0, 0.1) is 0 Å². The molecular formula is C19H16N4O. The Labute approximate surface area is 140 Å². The summed E-state index contributed by atoms with van der Waals surface area (Å²) in [5.74, 6) is 0.418. The molecule has 0 unspecified atom stereocenters. The molecule has 0 aliphatic heterocycles. The van der Waals surface area contributed by atoms with E-state index in [-0.39, 0.29) is 0 Å². The molecular weight excluding hydrogens is 300 g/mol. The Kier molecular flexibility index (Phi) is 5.04. The maximum Gasteiger partial charge on any atom is 0.240 e. The first-order chi connectivity index (χ1) is 11.9. The van der Waals surface area contributed by atoms with E-state index in [1.165, 1.54) is 0 Å². The van der Waals surface area contributed by atoms with Crippen LogP contribution in [0.1, 0.15) is 16.8 Å². The van der Waals surface area contributed by atoms with E-state index in [1.54, 1.807) is 25.7 Å². The van der Waals surface area contributed by atoms with Gasteiger partial charge in [-0.25, -0.2) is 0 Å². The molecule has 5 heteroatoms. The zero-order chi connectivity index (χ0) is 16.6. The van der Waals surface area contributed by atoms with Gasteiger partial charge >= 0.3 is 0 Å². The van der Waals surface area contributed by atoms with Crippen molar-refractivity contribution >= 4 is 11.6 Å². The number of nitrogens with zero attached hydrogens (tertiary/aromatic N) is 4. The number of ether oxygens (including phenoxy) is 1. The van der Waals surface area contributed by atoms with Gasteiger partial charge in [0, 0.05) is 29.7 Å². The molecule has 0 amide bonds. The summed E-state index contributed by atoms with van der Waals surface area (Å²) < 4.78 is 5.35. The van der Waals surface area contributed by atoms with Gasteiger partial charge in [-0.05, 0) is 24.3 Å². The van der Waals surface area contributed by atoms with Crippen molar-refractivity contribution < 1.29 is 4.74 Å². The van der Waals surface area contributed by atoms with E-state index in [9.17, 15) is 0 Å². The minimum absolute atomic E-state index is 0.418. The van der Waals surface area contributed by atoms with E-state index >= 15 is 0 Å². The van der Waals surface area contributed by atoms with E-state index in [0.717, 1.165) is 16.8 Å². The Hall–Kier alpha value is -3.34. The normalized spacial score (nSPS) is 12.0. The molecule has 0 aliphatic rings.